The molecule has 2 fully saturated rings. The summed E-state index contributed by atoms with van der Waals surface area (Å²) in [6.45, 7) is 26.2. The summed E-state index contributed by atoms with van der Waals surface area (Å²) in [7, 11) is 0. The van der Waals surface area contributed by atoms with Gasteiger partial charge in [0.2, 0.25) is 0 Å². The number of carbonyl (C=O) groups is 4. The third-order valence-corrected chi connectivity index (χ3v) is 8.46. The third kappa shape index (κ3) is 20.7. The lowest BCUT2D eigenvalue weighted by atomic mass is 10.0. The van der Waals surface area contributed by atoms with E-state index in [-0.39, 0.29) is 62.2 Å². The number of nitrogens with zero attached hydrogens (tertiary/aromatic N) is 4. The maximum Gasteiger partial charge on any atom is 0.320 e. The molecule has 14 heteroatoms. The number of epoxide rings is 1. The van der Waals surface area contributed by atoms with E-state index in [2.05, 4.69) is 4.90 Å². The Kier molecular flexibility index (Phi) is 17.2. The van der Waals surface area contributed by atoms with E-state index in [0.717, 1.165) is 11.3 Å². The smallest absolute Gasteiger partial charge is 0.320 e. The van der Waals surface area contributed by atoms with Gasteiger partial charge in [-0.1, -0.05) is 12.1 Å². The first-order valence-electron chi connectivity index (χ1n) is 19.9. The van der Waals surface area contributed by atoms with Crippen LogP contribution >= 0.6 is 0 Å². The van der Waals surface area contributed by atoms with E-state index < -0.39 is 22.4 Å². The first-order chi connectivity index (χ1) is 25.8. The Morgan fingerprint density at radius 1 is 0.571 bits per heavy atom. The molecule has 2 heterocycles. The summed E-state index contributed by atoms with van der Waals surface area (Å²) in [5.74, 6) is -0.729. The molecule has 0 N–H and O–H groups in total. The second kappa shape index (κ2) is 20.4. The molecule has 1 aromatic carbocycles. The molecular weight excluding hydrogens is 720 g/mol. The van der Waals surface area contributed by atoms with E-state index in [4.69, 9.17) is 28.4 Å². The lowest BCUT2D eigenvalue weighted by Gasteiger charge is -2.38. The Morgan fingerprint density at radius 3 is 1.36 bits per heavy atom. The first-order valence-corrected chi connectivity index (χ1v) is 19.9. The highest BCUT2D eigenvalue weighted by atomic mass is 16.6. The van der Waals surface area contributed by atoms with Crippen LogP contribution < -0.4 is 4.74 Å². The van der Waals surface area contributed by atoms with Crippen molar-refractivity contribution < 1.29 is 47.6 Å². The molecule has 2 unspecified atom stereocenters. The van der Waals surface area contributed by atoms with Gasteiger partial charge < -0.3 is 28.4 Å². The van der Waals surface area contributed by atoms with Crippen LogP contribution in [0.1, 0.15) is 88.6 Å². The molecule has 0 bridgehead atoms. The Morgan fingerprint density at radius 2 is 0.946 bits per heavy atom. The molecule has 1 aromatic rings. The predicted molar refractivity (Wildman–Crippen MR) is 213 cm³/mol. The lowest BCUT2D eigenvalue weighted by Crippen LogP contribution is -2.54. The quantitative estimate of drug-likeness (QED) is 0.162. The molecule has 0 saturated carbocycles. The fourth-order valence-corrected chi connectivity index (χ4v) is 6.16. The van der Waals surface area contributed by atoms with E-state index in [9.17, 15) is 19.2 Å². The van der Waals surface area contributed by atoms with Crippen LogP contribution in [0.4, 0.5) is 0 Å². The molecule has 56 heavy (non-hydrogen) atoms. The Hall–Kier alpha value is -3.30. The number of carbonyl (C=O) groups excluding carboxylic acids is 4. The molecule has 14 nitrogen and oxygen atoms in total. The summed E-state index contributed by atoms with van der Waals surface area (Å²) < 4.78 is 34.2. The average molecular weight is 791 g/mol. The van der Waals surface area contributed by atoms with Gasteiger partial charge in [-0.3, -0.25) is 38.8 Å². The van der Waals surface area contributed by atoms with Crippen molar-refractivity contribution >= 4 is 23.9 Å². The van der Waals surface area contributed by atoms with Crippen molar-refractivity contribution in [2.75, 3.05) is 85.2 Å². The van der Waals surface area contributed by atoms with Crippen LogP contribution in [0.5, 0.6) is 5.75 Å². The fourth-order valence-electron chi connectivity index (χ4n) is 6.16. The predicted octanol–water partition coefficient (Wildman–Crippen LogP) is 3.96. The van der Waals surface area contributed by atoms with Gasteiger partial charge in [0, 0.05) is 51.9 Å². The molecule has 0 spiro atoms. The van der Waals surface area contributed by atoms with Gasteiger partial charge in [-0.25, -0.2) is 0 Å². The Balaban J connectivity index is 2.02. The standard InChI is InChI=1S/C42H70N4O10/c1-39(2,3)53-35(47)25-43-17-18-44(26-36(48)54-40(4,5)6)21-22-46(28-38(50)56-42(10,11)12)32(24-45(20-19-43)27-37(49)55-41(7,8)9)23-31-13-15-33(16-14-31)51-29-34-30-52-34/h13-16,32,34H,17-30H2,1-12H3. The minimum atomic E-state index is -0.691. The normalized spacial score (nSPS) is 20.3. The summed E-state index contributed by atoms with van der Waals surface area (Å²) in [6.07, 6.45) is 0.672. The van der Waals surface area contributed by atoms with Gasteiger partial charge in [-0.15, -0.1) is 0 Å². The summed E-state index contributed by atoms with van der Waals surface area (Å²) >= 11 is 0. The molecule has 0 aliphatic carbocycles. The van der Waals surface area contributed by atoms with Gasteiger partial charge in [0.05, 0.1) is 32.8 Å². The molecular formula is C42H70N4O10. The minimum Gasteiger partial charge on any atom is -0.491 e. The topological polar surface area (TPSA) is 140 Å². The second-order valence-corrected chi connectivity index (χ2v) is 18.9. The summed E-state index contributed by atoms with van der Waals surface area (Å²) in [4.78, 5) is 61.4. The van der Waals surface area contributed by atoms with Gasteiger partial charge in [0.1, 0.15) is 40.9 Å². The van der Waals surface area contributed by atoms with E-state index in [1.165, 1.54) is 0 Å². The van der Waals surface area contributed by atoms with Gasteiger partial charge in [0.25, 0.3) is 0 Å². The minimum absolute atomic E-state index is 0.00412. The number of rotatable bonds is 13. The van der Waals surface area contributed by atoms with Gasteiger partial charge in [-0.2, -0.15) is 0 Å². The van der Waals surface area contributed by atoms with Crippen LogP contribution in [-0.2, 0) is 49.3 Å². The molecule has 3 rings (SSSR count). The molecule has 0 amide bonds. The van der Waals surface area contributed by atoms with Crippen LogP contribution in [0.25, 0.3) is 0 Å². The van der Waals surface area contributed by atoms with Crippen molar-refractivity contribution in [1.82, 2.24) is 19.6 Å². The molecule has 2 aliphatic rings. The van der Waals surface area contributed by atoms with Crippen LogP contribution in [-0.4, -0.2) is 163 Å². The van der Waals surface area contributed by atoms with Crippen LogP contribution in [0.3, 0.4) is 0 Å². The lowest BCUT2D eigenvalue weighted by molar-refractivity contribution is -0.160. The van der Waals surface area contributed by atoms with E-state index in [1.807, 2.05) is 122 Å². The molecule has 0 aromatic heterocycles. The Labute approximate surface area is 335 Å². The van der Waals surface area contributed by atoms with E-state index >= 15 is 0 Å². The second-order valence-electron chi connectivity index (χ2n) is 18.9. The fraction of sp³-hybridized carbons (Fsp3) is 0.762. The molecule has 318 valence electrons. The number of ether oxygens (including phenoxy) is 6. The molecule has 2 saturated heterocycles. The highest BCUT2D eigenvalue weighted by Gasteiger charge is 2.31. The number of benzene rings is 1. The zero-order valence-corrected chi connectivity index (χ0v) is 36.2. The number of esters is 4. The van der Waals surface area contributed by atoms with Crippen molar-refractivity contribution in [2.45, 2.75) is 124 Å². The SMILES string of the molecule is CC(C)(C)OC(=O)CN1CCN(CC(=O)OC(C)(C)C)CCN(CC(=O)OC(C)(C)C)C(Cc2ccc(OCC3CO3)cc2)CN(CC(=O)OC(C)(C)C)CC1. The molecule has 2 aliphatic heterocycles. The van der Waals surface area contributed by atoms with Crippen LogP contribution in [0.2, 0.25) is 0 Å². The monoisotopic (exact) mass is 791 g/mol. The van der Waals surface area contributed by atoms with Crippen molar-refractivity contribution in [2.24, 2.45) is 0 Å². The summed E-state index contributed by atoms with van der Waals surface area (Å²) in [5, 5.41) is 0. The zero-order valence-electron chi connectivity index (χ0n) is 36.2. The maximum atomic E-state index is 13.5. The average Bonchev–Trinajstić information content (AvgIpc) is 3.83. The summed E-state index contributed by atoms with van der Waals surface area (Å²) in [5.41, 5.74) is -1.67. The van der Waals surface area contributed by atoms with Crippen molar-refractivity contribution in [3.05, 3.63) is 29.8 Å². The van der Waals surface area contributed by atoms with E-state index in [0.29, 0.717) is 65.4 Å². The maximum absolute atomic E-state index is 13.5. The highest BCUT2D eigenvalue weighted by Crippen LogP contribution is 2.20. The number of hydrogen-bond donors (Lipinski definition) is 0. The molecule has 0 radical (unpaired) electrons. The van der Waals surface area contributed by atoms with E-state index in [1.54, 1.807) is 0 Å². The van der Waals surface area contributed by atoms with Crippen molar-refractivity contribution in [3.8, 4) is 5.75 Å². The summed E-state index contributed by atoms with van der Waals surface area (Å²) in [6, 6.07) is 7.61. The zero-order chi connectivity index (χ0) is 41.9. The van der Waals surface area contributed by atoms with Gasteiger partial charge >= 0.3 is 23.9 Å². The highest BCUT2D eigenvalue weighted by molar-refractivity contribution is 5.73. The van der Waals surface area contributed by atoms with Gasteiger partial charge in [0.15, 0.2) is 0 Å². The van der Waals surface area contributed by atoms with Crippen LogP contribution in [0.15, 0.2) is 24.3 Å². The number of hydrogen-bond acceptors (Lipinski definition) is 14. The van der Waals surface area contributed by atoms with Crippen LogP contribution in [0, 0.1) is 0 Å². The third-order valence-electron chi connectivity index (χ3n) is 8.46. The van der Waals surface area contributed by atoms with Gasteiger partial charge in [-0.05, 0) is 107 Å². The van der Waals surface area contributed by atoms with Crippen molar-refractivity contribution in [1.29, 1.82) is 0 Å². The largest absolute Gasteiger partial charge is 0.491 e. The van der Waals surface area contributed by atoms with Crippen molar-refractivity contribution in [3.63, 3.8) is 0 Å². The first kappa shape index (κ1) is 47.1. The Bertz CT molecular complexity index is 1420. The molecule has 2 atom stereocenters.